The first-order valence-corrected chi connectivity index (χ1v) is 7.59. The highest BCUT2D eigenvalue weighted by atomic mass is 16.7. The van der Waals surface area contributed by atoms with Crippen LogP contribution in [0, 0.1) is 0 Å². The molecule has 22 heavy (non-hydrogen) atoms. The van der Waals surface area contributed by atoms with E-state index in [1.807, 2.05) is 24.3 Å². The molecule has 0 saturated heterocycles. The topological polar surface area (TPSA) is 50.8 Å². The van der Waals surface area contributed by atoms with Gasteiger partial charge in [-0.25, -0.2) is 0 Å². The molecule has 0 aromatic heterocycles. The molecule has 0 aliphatic heterocycles. The van der Waals surface area contributed by atoms with E-state index in [0.29, 0.717) is 6.54 Å². The number of rotatable bonds is 10. The second-order valence-electron chi connectivity index (χ2n) is 4.77. The van der Waals surface area contributed by atoms with E-state index in [1.165, 1.54) is 0 Å². The number of methoxy groups -OCH3 is 1. The number of hydrogen-bond donors (Lipinski definition) is 1. The SMILES string of the molecule is CCN(CC)CCNC(=O)/C=C/c1ccc(OCOC)cc1. The van der Waals surface area contributed by atoms with Gasteiger partial charge in [0.2, 0.25) is 5.91 Å². The van der Waals surface area contributed by atoms with Gasteiger partial charge in [0, 0.05) is 26.3 Å². The lowest BCUT2D eigenvalue weighted by molar-refractivity contribution is -0.116. The van der Waals surface area contributed by atoms with Gasteiger partial charge in [-0.3, -0.25) is 4.79 Å². The molecule has 1 amide bonds. The predicted octanol–water partition coefficient (Wildman–Crippen LogP) is 2.14. The average Bonchev–Trinajstić information content (AvgIpc) is 2.56. The van der Waals surface area contributed by atoms with Crippen molar-refractivity contribution >= 4 is 12.0 Å². The Kier molecular flexibility index (Phi) is 8.95. The molecule has 0 unspecified atom stereocenters. The molecule has 0 bridgehead atoms. The quantitative estimate of drug-likeness (QED) is 0.531. The van der Waals surface area contributed by atoms with E-state index in [4.69, 9.17) is 9.47 Å². The first-order chi connectivity index (χ1) is 10.7. The van der Waals surface area contributed by atoms with Crippen molar-refractivity contribution in [1.82, 2.24) is 10.2 Å². The van der Waals surface area contributed by atoms with Gasteiger partial charge < -0.3 is 19.7 Å². The molecule has 0 spiro atoms. The Hall–Kier alpha value is -1.85. The molecule has 1 N–H and O–H groups in total. The molecule has 5 heteroatoms. The van der Waals surface area contributed by atoms with Gasteiger partial charge >= 0.3 is 0 Å². The number of nitrogens with zero attached hydrogens (tertiary/aromatic N) is 1. The van der Waals surface area contributed by atoms with Crippen molar-refractivity contribution in [2.45, 2.75) is 13.8 Å². The number of nitrogens with one attached hydrogen (secondary N) is 1. The molecule has 1 rings (SSSR count). The van der Waals surface area contributed by atoms with Gasteiger partial charge in [0.25, 0.3) is 0 Å². The third-order valence-corrected chi connectivity index (χ3v) is 3.27. The molecular formula is C17H26N2O3. The Morgan fingerprint density at radius 3 is 2.50 bits per heavy atom. The summed E-state index contributed by atoms with van der Waals surface area (Å²) >= 11 is 0. The van der Waals surface area contributed by atoms with Crippen LogP contribution in [0.25, 0.3) is 6.08 Å². The lowest BCUT2D eigenvalue weighted by atomic mass is 10.2. The van der Waals surface area contributed by atoms with Crippen molar-refractivity contribution in [3.8, 4) is 5.75 Å². The summed E-state index contributed by atoms with van der Waals surface area (Å²) in [6.45, 7) is 7.99. The van der Waals surface area contributed by atoms with E-state index in [0.717, 1.165) is 30.9 Å². The number of hydrogen-bond acceptors (Lipinski definition) is 4. The summed E-state index contributed by atoms with van der Waals surface area (Å²) in [4.78, 5) is 14.0. The van der Waals surface area contributed by atoms with Crippen LogP contribution in [0.1, 0.15) is 19.4 Å². The highest BCUT2D eigenvalue weighted by Gasteiger charge is 2.00. The molecule has 0 aliphatic rings. The van der Waals surface area contributed by atoms with Gasteiger partial charge in [-0.1, -0.05) is 26.0 Å². The second-order valence-corrected chi connectivity index (χ2v) is 4.77. The van der Waals surface area contributed by atoms with E-state index < -0.39 is 0 Å². The third kappa shape index (κ3) is 7.24. The van der Waals surface area contributed by atoms with Crippen LogP contribution in [-0.2, 0) is 9.53 Å². The van der Waals surface area contributed by atoms with Crippen LogP contribution in [0.4, 0.5) is 0 Å². The molecule has 0 heterocycles. The lowest BCUT2D eigenvalue weighted by Crippen LogP contribution is -2.34. The smallest absolute Gasteiger partial charge is 0.244 e. The van der Waals surface area contributed by atoms with Crippen LogP contribution < -0.4 is 10.1 Å². The zero-order chi connectivity index (χ0) is 16.2. The van der Waals surface area contributed by atoms with Crippen molar-refractivity contribution in [3.05, 3.63) is 35.9 Å². The Morgan fingerprint density at radius 1 is 1.23 bits per heavy atom. The molecule has 1 aromatic rings. The van der Waals surface area contributed by atoms with Gasteiger partial charge in [-0.2, -0.15) is 0 Å². The first kappa shape index (κ1) is 18.2. The number of carbonyl (C=O) groups excluding carboxylic acids is 1. The zero-order valence-electron chi connectivity index (χ0n) is 13.7. The summed E-state index contributed by atoms with van der Waals surface area (Å²) < 4.78 is 10.1. The van der Waals surface area contributed by atoms with Crippen molar-refractivity contribution in [1.29, 1.82) is 0 Å². The molecular weight excluding hydrogens is 280 g/mol. The third-order valence-electron chi connectivity index (χ3n) is 3.27. The van der Waals surface area contributed by atoms with Crippen LogP contribution >= 0.6 is 0 Å². The minimum absolute atomic E-state index is 0.0770. The maximum Gasteiger partial charge on any atom is 0.244 e. The second kappa shape index (κ2) is 10.8. The Morgan fingerprint density at radius 2 is 1.91 bits per heavy atom. The van der Waals surface area contributed by atoms with E-state index in [-0.39, 0.29) is 12.7 Å². The summed E-state index contributed by atoms with van der Waals surface area (Å²) in [6, 6.07) is 7.48. The van der Waals surface area contributed by atoms with Crippen LogP contribution in [0.3, 0.4) is 0 Å². The fraction of sp³-hybridized carbons (Fsp3) is 0.471. The van der Waals surface area contributed by atoms with E-state index in [1.54, 1.807) is 19.3 Å². The van der Waals surface area contributed by atoms with Gasteiger partial charge in [0.15, 0.2) is 6.79 Å². The minimum Gasteiger partial charge on any atom is -0.468 e. The van der Waals surface area contributed by atoms with Gasteiger partial charge in [0.05, 0.1) is 0 Å². The zero-order valence-corrected chi connectivity index (χ0v) is 13.7. The van der Waals surface area contributed by atoms with Crippen molar-refractivity contribution in [2.24, 2.45) is 0 Å². The Balaban J connectivity index is 2.35. The highest BCUT2D eigenvalue weighted by molar-refractivity contribution is 5.91. The van der Waals surface area contributed by atoms with Crippen LogP contribution in [-0.4, -0.2) is 50.9 Å². The standard InChI is InChI=1S/C17H26N2O3/c1-4-19(5-2)13-12-18-17(20)11-8-15-6-9-16(10-7-15)22-14-21-3/h6-11H,4-5,12-14H2,1-3H3,(H,18,20)/b11-8+. The summed E-state index contributed by atoms with van der Waals surface area (Å²) in [5, 5.41) is 2.88. The van der Waals surface area contributed by atoms with Crippen molar-refractivity contribution in [3.63, 3.8) is 0 Å². The average molecular weight is 306 g/mol. The normalized spacial score (nSPS) is 11.1. The Labute approximate surface area is 132 Å². The largest absolute Gasteiger partial charge is 0.468 e. The maximum atomic E-state index is 11.7. The van der Waals surface area contributed by atoms with Crippen LogP contribution in [0.2, 0.25) is 0 Å². The highest BCUT2D eigenvalue weighted by Crippen LogP contribution is 2.13. The number of ether oxygens (including phenoxy) is 2. The van der Waals surface area contributed by atoms with E-state index >= 15 is 0 Å². The van der Waals surface area contributed by atoms with Crippen LogP contribution in [0.5, 0.6) is 5.75 Å². The van der Waals surface area contributed by atoms with Gasteiger partial charge in [-0.15, -0.1) is 0 Å². The summed E-state index contributed by atoms with van der Waals surface area (Å²) in [5.41, 5.74) is 0.948. The van der Waals surface area contributed by atoms with Crippen LogP contribution in [0.15, 0.2) is 30.3 Å². The lowest BCUT2D eigenvalue weighted by Gasteiger charge is -2.17. The number of carbonyl (C=O) groups is 1. The molecule has 0 atom stereocenters. The number of likely N-dealkylation sites (N-methyl/N-ethyl adjacent to an activating group) is 1. The molecule has 0 fully saturated rings. The molecule has 1 aromatic carbocycles. The number of amides is 1. The monoisotopic (exact) mass is 306 g/mol. The van der Waals surface area contributed by atoms with E-state index in [9.17, 15) is 4.79 Å². The Bertz CT molecular complexity index is 453. The summed E-state index contributed by atoms with van der Waals surface area (Å²) in [5.74, 6) is 0.662. The number of benzene rings is 1. The van der Waals surface area contributed by atoms with Gasteiger partial charge in [0.1, 0.15) is 5.75 Å². The molecule has 122 valence electrons. The predicted molar refractivity (Wildman–Crippen MR) is 88.8 cm³/mol. The molecule has 5 nitrogen and oxygen atoms in total. The first-order valence-electron chi connectivity index (χ1n) is 7.59. The minimum atomic E-state index is -0.0770. The maximum absolute atomic E-state index is 11.7. The van der Waals surface area contributed by atoms with Crippen molar-refractivity contribution in [2.75, 3.05) is 40.1 Å². The summed E-state index contributed by atoms with van der Waals surface area (Å²) in [6.07, 6.45) is 3.33. The van der Waals surface area contributed by atoms with E-state index in [2.05, 4.69) is 24.1 Å². The molecule has 0 aliphatic carbocycles. The summed E-state index contributed by atoms with van der Waals surface area (Å²) in [7, 11) is 1.58. The fourth-order valence-electron chi connectivity index (χ4n) is 1.91. The molecule has 0 saturated carbocycles. The van der Waals surface area contributed by atoms with Gasteiger partial charge in [-0.05, 0) is 36.9 Å². The molecule has 0 radical (unpaired) electrons. The van der Waals surface area contributed by atoms with Crippen molar-refractivity contribution < 1.29 is 14.3 Å². The fourth-order valence-corrected chi connectivity index (χ4v) is 1.91.